The van der Waals surface area contributed by atoms with Crippen molar-refractivity contribution in [1.29, 1.82) is 0 Å². The lowest BCUT2D eigenvalue weighted by atomic mass is 9.73. The van der Waals surface area contributed by atoms with Crippen molar-refractivity contribution in [2.45, 2.75) is 19.3 Å². The van der Waals surface area contributed by atoms with Crippen LogP contribution in [0, 0.1) is 11.8 Å². The summed E-state index contributed by atoms with van der Waals surface area (Å²) in [5.74, 6) is -1.11. The molecule has 5 nitrogen and oxygen atoms in total. The summed E-state index contributed by atoms with van der Waals surface area (Å²) < 4.78 is 5.66. The number of carbonyl (C=O) groups excluding carboxylic acids is 1. The van der Waals surface area contributed by atoms with Crippen molar-refractivity contribution in [2.75, 3.05) is 6.54 Å². The van der Waals surface area contributed by atoms with Gasteiger partial charge in [-0.25, -0.2) is 0 Å². The molecule has 1 amide bonds. The summed E-state index contributed by atoms with van der Waals surface area (Å²) in [4.78, 5) is 22.8. The predicted molar refractivity (Wildman–Crippen MR) is 76.8 cm³/mol. The first kappa shape index (κ1) is 13.7. The first-order valence-electron chi connectivity index (χ1n) is 7.13. The summed E-state index contributed by atoms with van der Waals surface area (Å²) >= 11 is 0. The minimum Gasteiger partial charge on any atom is -0.481 e. The topological polar surface area (TPSA) is 79.5 Å². The smallest absolute Gasteiger partial charge is 0.307 e. The molecule has 2 unspecified atom stereocenters. The van der Waals surface area contributed by atoms with E-state index in [1.165, 1.54) is 0 Å². The molecule has 21 heavy (non-hydrogen) atoms. The molecule has 2 N–H and O–H groups in total. The zero-order valence-electron chi connectivity index (χ0n) is 11.5. The molecular weight excluding hydrogens is 270 g/mol. The molecule has 0 radical (unpaired) electrons. The Morgan fingerprint density at radius 3 is 2.67 bits per heavy atom. The summed E-state index contributed by atoms with van der Waals surface area (Å²) in [6, 6.07) is 9.72. The molecule has 110 valence electrons. The van der Waals surface area contributed by atoms with Crippen LogP contribution in [0.25, 0.3) is 11.0 Å². The SMILES string of the molecule is O=C(O)C1CCC1C(=O)NCCc1cc2ccccc2o1. The van der Waals surface area contributed by atoms with E-state index < -0.39 is 11.9 Å². The van der Waals surface area contributed by atoms with Gasteiger partial charge in [-0.1, -0.05) is 18.2 Å². The van der Waals surface area contributed by atoms with Gasteiger partial charge in [-0.2, -0.15) is 0 Å². The molecule has 0 saturated heterocycles. The first-order chi connectivity index (χ1) is 10.1. The third kappa shape index (κ3) is 2.77. The molecule has 2 aromatic rings. The van der Waals surface area contributed by atoms with Crippen molar-refractivity contribution >= 4 is 22.8 Å². The fourth-order valence-corrected chi connectivity index (χ4v) is 2.71. The van der Waals surface area contributed by atoms with Gasteiger partial charge in [0.25, 0.3) is 0 Å². The normalized spacial score (nSPS) is 21.0. The van der Waals surface area contributed by atoms with E-state index in [9.17, 15) is 9.59 Å². The molecule has 1 aliphatic rings. The van der Waals surface area contributed by atoms with Crippen molar-refractivity contribution in [1.82, 2.24) is 5.32 Å². The zero-order valence-corrected chi connectivity index (χ0v) is 11.5. The Morgan fingerprint density at radius 2 is 2.00 bits per heavy atom. The standard InChI is InChI=1S/C16H17NO4/c18-15(12-5-6-13(12)16(19)20)17-8-7-11-9-10-3-1-2-4-14(10)21-11/h1-4,9,12-13H,5-8H2,(H,17,18)(H,19,20). The Kier molecular flexibility index (Phi) is 3.64. The molecule has 3 rings (SSSR count). The number of furan rings is 1. The largest absolute Gasteiger partial charge is 0.481 e. The lowest BCUT2D eigenvalue weighted by Crippen LogP contribution is -2.44. The molecule has 1 aromatic carbocycles. The second-order valence-electron chi connectivity index (χ2n) is 5.42. The summed E-state index contributed by atoms with van der Waals surface area (Å²) in [6.45, 7) is 0.460. The fraction of sp³-hybridized carbons (Fsp3) is 0.375. The van der Waals surface area contributed by atoms with Crippen LogP contribution in [0.4, 0.5) is 0 Å². The maximum absolute atomic E-state index is 11.9. The van der Waals surface area contributed by atoms with Crippen LogP contribution in [0.5, 0.6) is 0 Å². The van der Waals surface area contributed by atoms with E-state index in [1.54, 1.807) is 0 Å². The van der Waals surface area contributed by atoms with Gasteiger partial charge in [-0.05, 0) is 25.0 Å². The summed E-state index contributed by atoms with van der Waals surface area (Å²) in [7, 11) is 0. The number of carboxylic acids is 1. The zero-order chi connectivity index (χ0) is 14.8. The maximum Gasteiger partial charge on any atom is 0.307 e. The van der Waals surface area contributed by atoms with Gasteiger partial charge in [-0.3, -0.25) is 9.59 Å². The number of hydrogen-bond acceptors (Lipinski definition) is 3. The average Bonchev–Trinajstić information content (AvgIpc) is 2.79. The maximum atomic E-state index is 11.9. The number of benzene rings is 1. The third-order valence-corrected chi connectivity index (χ3v) is 4.08. The second kappa shape index (κ2) is 5.60. The van der Waals surface area contributed by atoms with Crippen molar-refractivity contribution < 1.29 is 19.1 Å². The molecular formula is C16H17NO4. The van der Waals surface area contributed by atoms with Crippen LogP contribution in [0.3, 0.4) is 0 Å². The molecule has 2 atom stereocenters. The molecule has 0 aliphatic heterocycles. The molecule has 1 fully saturated rings. The van der Waals surface area contributed by atoms with Crippen molar-refractivity contribution in [2.24, 2.45) is 11.8 Å². The number of amides is 1. The van der Waals surface area contributed by atoms with Gasteiger partial charge < -0.3 is 14.8 Å². The quantitative estimate of drug-likeness (QED) is 0.883. The van der Waals surface area contributed by atoms with Crippen LogP contribution in [0.15, 0.2) is 34.7 Å². The highest BCUT2D eigenvalue weighted by Crippen LogP contribution is 2.34. The van der Waals surface area contributed by atoms with E-state index in [4.69, 9.17) is 9.52 Å². The average molecular weight is 287 g/mol. The van der Waals surface area contributed by atoms with Crippen LogP contribution in [-0.2, 0) is 16.0 Å². The number of fused-ring (bicyclic) bond motifs is 1. The highest BCUT2D eigenvalue weighted by Gasteiger charge is 2.41. The number of para-hydroxylation sites is 1. The van der Waals surface area contributed by atoms with Crippen LogP contribution in [0.2, 0.25) is 0 Å². The molecule has 1 heterocycles. The van der Waals surface area contributed by atoms with E-state index in [0.29, 0.717) is 25.8 Å². The summed E-state index contributed by atoms with van der Waals surface area (Å²) in [5, 5.41) is 12.8. The highest BCUT2D eigenvalue weighted by atomic mass is 16.4. The van der Waals surface area contributed by atoms with Crippen molar-refractivity contribution in [3.8, 4) is 0 Å². The number of aliphatic carboxylic acids is 1. The van der Waals surface area contributed by atoms with Gasteiger partial charge in [0.05, 0.1) is 11.8 Å². The third-order valence-electron chi connectivity index (χ3n) is 4.08. The lowest BCUT2D eigenvalue weighted by Gasteiger charge is -2.31. The van der Waals surface area contributed by atoms with E-state index in [-0.39, 0.29) is 11.8 Å². The van der Waals surface area contributed by atoms with Crippen molar-refractivity contribution in [3.63, 3.8) is 0 Å². The van der Waals surface area contributed by atoms with Gasteiger partial charge in [0.1, 0.15) is 11.3 Å². The minimum absolute atomic E-state index is 0.162. The van der Waals surface area contributed by atoms with E-state index >= 15 is 0 Å². The fourth-order valence-electron chi connectivity index (χ4n) is 2.71. The van der Waals surface area contributed by atoms with Gasteiger partial charge in [0, 0.05) is 18.4 Å². The van der Waals surface area contributed by atoms with Crippen LogP contribution in [0.1, 0.15) is 18.6 Å². The number of rotatable bonds is 5. The predicted octanol–water partition coefficient (Wildman–Crippen LogP) is 2.20. The number of hydrogen-bond donors (Lipinski definition) is 2. The monoisotopic (exact) mass is 287 g/mol. The number of carbonyl (C=O) groups is 2. The van der Waals surface area contributed by atoms with Crippen LogP contribution in [-0.4, -0.2) is 23.5 Å². The molecule has 0 bridgehead atoms. The minimum atomic E-state index is -0.876. The van der Waals surface area contributed by atoms with Gasteiger partial charge >= 0.3 is 5.97 Å². The summed E-state index contributed by atoms with van der Waals surface area (Å²) in [6.07, 6.45) is 1.86. The Labute approximate surface area is 121 Å². The van der Waals surface area contributed by atoms with E-state index in [1.807, 2.05) is 30.3 Å². The highest BCUT2D eigenvalue weighted by molar-refractivity contribution is 5.86. The van der Waals surface area contributed by atoms with E-state index in [0.717, 1.165) is 16.7 Å². The Morgan fingerprint density at radius 1 is 1.24 bits per heavy atom. The lowest BCUT2D eigenvalue weighted by molar-refractivity contribution is -0.152. The van der Waals surface area contributed by atoms with Crippen molar-refractivity contribution in [3.05, 3.63) is 36.1 Å². The number of carboxylic acid groups (broad SMARTS) is 1. The molecule has 5 heteroatoms. The molecule has 1 aliphatic carbocycles. The van der Waals surface area contributed by atoms with Crippen LogP contribution >= 0.6 is 0 Å². The molecule has 1 aromatic heterocycles. The van der Waals surface area contributed by atoms with Gasteiger partial charge in [0.2, 0.25) is 5.91 Å². The molecule has 0 spiro atoms. The Bertz CT molecular complexity index is 643. The van der Waals surface area contributed by atoms with Gasteiger partial charge in [-0.15, -0.1) is 0 Å². The van der Waals surface area contributed by atoms with Crippen LogP contribution < -0.4 is 5.32 Å². The van der Waals surface area contributed by atoms with Gasteiger partial charge in [0.15, 0.2) is 0 Å². The first-order valence-corrected chi connectivity index (χ1v) is 7.13. The Balaban J connectivity index is 1.52. The Hall–Kier alpha value is -2.30. The van der Waals surface area contributed by atoms with E-state index in [2.05, 4.69) is 5.32 Å². The summed E-state index contributed by atoms with van der Waals surface area (Å²) in [5.41, 5.74) is 0.837. The number of nitrogens with one attached hydrogen (secondary N) is 1. The second-order valence-corrected chi connectivity index (χ2v) is 5.42. The molecule has 1 saturated carbocycles.